The Bertz CT molecular complexity index is 663. The number of nitrogens with zero attached hydrogens (tertiary/aromatic N) is 3. The van der Waals surface area contributed by atoms with Gasteiger partial charge in [-0.2, -0.15) is 0 Å². The summed E-state index contributed by atoms with van der Waals surface area (Å²) in [5.74, 6) is -4.25. The lowest BCUT2D eigenvalue weighted by atomic mass is 9.77. The van der Waals surface area contributed by atoms with E-state index in [1.807, 2.05) is 6.92 Å². The molecular formula is C15H19F2N3O4. The van der Waals surface area contributed by atoms with E-state index < -0.39 is 30.2 Å². The van der Waals surface area contributed by atoms with Crippen LogP contribution in [-0.4, -0.2) is 66.0 Å². The van der Waals surface area contributed by atoms with Crippen molar-refractivity contribution in [3.63, 3.8) is 0 Å². The minimum atomic E-state index is -3.13. The van der Waals surface area contributed by atoms with Crippen LogP contribution in [0, 0.1) is 5.41 Å². The summed E-state index contributed by atoms with van der Waals surface area (Å²) in [5.41, 5.74) is -1.22. The first-order chi connectivity index (χ1) is 11.3. The van der Waals surface area contributed by atoms with E-state index in [9.17, 15) is 18.4 Å². The van der Waals surface area contributed by atoms with Crippen molar-refractivity contribution in [3.8, 4) is 5.88 Å². The lowest BCUT2D eigenvalue weighted by Crippen LogP contribution is -2.57. The molecule has 132 valence electrons. The van der Waals surface area contributed by atoms with Crippen LogP contribution in [0.2, 0.25) is 0 Å². The van der Waals surface area contributed by atoms with Gasteiger partial charge in [0, 0.05) is 26.1 Å². The van der Waals surface area contributed by atoms with E-state index in [1.165, 1.54) is 13.2 Å². The van der Waals surface area contributed by atoms with Crippen molar-refractivity contribution < 1.29 is 27.6 Å². The third kappa shape index (κ3) is 2.71. The monoisotopic (exact) mass is 343 g/mol. The molecule has 1 aromatic heterocycles. The van der Waals surface area contributed by atoms with Crippen LogP contribution in [0.5, 0.6) is 5.88 Å². The van der Waals surface area contributed by atoms with Crippen LogP contribution in [0.1, 0.15) is 30.3 Å². The van der Waals surface area contributed by atoms with Gasteiger partial charge >= 0.3 is 0 Å². The molecule has 0 N–H and O–H groups in total. The van der Waals surface area contributed by atoms with Crippen molar-refractivity contribution in [1.29, 1.82) is 0 Å². The summed E-state index contributed by atoms with van der Waals surface area (Å²) < 4.78 is 38.2. The summed E-state index contributed by atoms with van der Waals surface area (Å²) in [6.07, 6.45) is -0.211. The number of hydrogen-bond acceptors (Lipinski definition) is 5. The molecule has 1 spiro atoms. The van der Waals surface area contributed by atoms with E-state index >= 15 is 0 Å². The molecule has 7 nitrogen and oxygen atoms in total. The molecule has 3 heterocycles. The van der Waals surface area contributed by atoms with Gasteiger partial charge in [-0.1, -0.05) is 0 Å². The highest BCUT2D eigenvalue weighted by molar-refractivity contribution is 5.93. The summed E-state index contributed by atoms with van der Waals surface area (Å²) in [4.78, 5) is 27.6. The fourth-order valence-electron chi connectivity index (χ4n) is 3.57. The molecule has 0 aliphatic carbocycles. The minimum absolute atomic E-state index is 0.0419. The average Bonchev–Trinajstić information content (AvgIpc) is 3.11. The maximum Gasteiger partial charge on any atom is 0.292 e. The quantitative estimate of drug-likeness (QED) is 0.829. The smallest absolute Gasteiger partial charge is 0.292 e. The number of carbonyl (C=O) groups is 2. The van der Waals surface area contributed by atoms with Crippen LogP contribution in [0.3, 0.4) is 0 Å². The molecule has 2 saturated heterocycles. The van der Waals surface area contributed by atoms with Crippen molar-refractivity contribution in [2.45, 2.75) is 25.7 Å². The number of piperidine rings is 1. The SMILES string of the molecule is CCN1CC[C@]2(CN(C(=O)c3cc(OC)no3)CC(F)(F)C2)C1=O. The van der Waals surface area contributed by atoms with Gasteiger partial charge in [-0.3, -0.25) is 9.59 Å². The van der Waals surface area contributed by atoms with E-state index in [2.05, 4.69) is 5.16 Å². The van der Waals surface area contributed by atoms with Gasteiger partial charge in [0.2, 0.25) is 11.7 Å². The number of hydrogen-bond donors (Lipinski definition) is 0. The van der Waals surface area contributed by atoms with Crippen molar-refractivity contribution in [3.05, 3.63) is 11.8 Å². The van der Waals surface area contributed by atoms with E-state index in [4.69, 9.17) is 9.26 Å². The van der Waals surface area contributed by atoms with E-state index in [0.717, 1.165) is 4.90 Å². The second kappa shape index (κ2) is 5.71. The average molecular weight is 343 g/mol. The number of amides is 2. The standard InChI is InChI=1S/C15H19F2N3O4/c1-3-19-5-4-14(13(19)22)7-15(16,17)9-20(8-14)12(21)10-6-11(23-2)18-24-10/h6H,3-5,7-9H2,1-2H3/t14-/m0/s1. The second-order valence-corrected chi connectivity index (χ2v) is 6.34. The fourth-order valence-corrected chi connectivity index (χ4v) is 3.57. The summed E-state index contributed by atoms with van der Waals surface area (Å²) >= 11 is 0. The maximum atomic E-state index is 14.3. The van der Waals surface area contributed by atoms with Gasteiger partial charge in [-0.05, 0) is 18.5 Å². The molecule has 2 aliphatic rings. The molecule has 24 heavy (non-hydrogen) atoms. The summed E-state index contributed by atoms with van der Waals surface area (Å²) in [5, 5.41) is 3.51. The number of halogens is 2. The van der Waals surface area contributed by atoms with Crippen molar-refractivity contribution in [1.82, 2.24) is 15.0 Å². The van der Waals surface area contributed by atoms with E-state index in [1.54, 1.807) is 4.90 Å². The second-order valence-electron chi connectivity index (χ2n) is 6.34. The van der Waals surface area contributed by atoms with Gasteiger partial charge in [0.05, 0.1) is 25.1 Å². The summed E-state index contributed by atoms with van der Waals surface area (Å²) in [6, 6.07) is 1.25. The van der Waals surface area contributed by atoms with Crippen LogP contribution in [0.15, 0.2) is 10.6 Å². The van der Waals surface area contributed by atoms with Crippen molar-refractivity contribution in [2.75, 3.05) is 33.3 Å². The highest BCUT2D eigenvalue weighted by Gasteiger charge is 2.57. The van der Waals surface area contributed by atoms with E-state index in [-0.39, 0.29) is 24.1 Å². The van der Waals surface area contributed by atoms with Crippen LogP contribution in [-0.2, 0) is 4.79 Å². The van der Waals surface area contributed by atoms with Gasteiger partial charge in [0.15, 0.2) is 0 Å². The topological polar surface area (TPSA) is 75.9 Å². The Labute approximate surface area is 137 Å². The Morgan fingerprint density at radius 2 is 2.21 bits per heavy atom. The zero-order valence-corrected chi connectivity index (χ0v) is 13.6. The molecule has 3 rings (SSSR count). The van der Waals surface area contributed by atoms with Gasteiger partial charge in [-0.15, -0.1) is 0 Å². The Hall–Kier alpha value is -2.19. The molecule has 1 atom stereocenters. The zero-order valence-electron chi connectivity index (χ0n) is 13.6. The fraction of sp³-hybridized carbons (Fsp3) is 0.667. The largest absolute Gasteiger partial charge is 0.479 e. The Morgan fingerprint density at radius 1 is 1.46 bits per heavy atom. The van der Waals surface area contributed by atoms with Crippen molar-refractivity contribution >= 4 is 11.8 Å². The lowest BCUT2D eigenvalue weighted by Gasteiger charge is -2.42. The van der Waals surface area contributed by atoms with Crippen LogP contribution >= 0.6 is 0 Å². The highest BCUT2D eigenvalue weighted by Crippen LogP contribution is 2.45. The number of ether oxygens (including phenoxy) is 1. The number of carbonyl (C=O) groups excluding carboxylic acids is 2. The van der Waals surface area contributed by atoms with Crippen molar-refractivity contribution in [2.24, 2.45) is 5.41 Å². The van der Waals surface area contributed by atoms with Crippen LogP contribution in [0.25, 0.3) is 0 Å². The number of likely N-dealkylation sites (tertiary alicyclic amines) is 2. The predicted octanol–water partition coefficient (Wildman–Crippen LogP) is 1.40. The molecule has 2 fully saturated rings. The number of aromatic nitrogens is 1. The molecule has 1 aromatic rings. The highest BCUT2D eigenvalue weighted by atomic mass is 19.3. The first kappa shape index (κ1) is 16.7. The number of alkyl halides is 2. The van der Waals surface area contributed by atoms with Gasteiger partial charge < -0.3 is 19.1 Å². The Balaban J connectivity index is 1.86. The summed E-state index contributed by atoms with van der Waals surface area (Å²) in [7, 11) is 1.35. The molecule has 0 bridgehead atoms. The van der Waals surface area contributed by atoms with Gasteiger partial charge in [-0.25, -0.2) is 8.78 Å². The number of rotatable bonds is 3. The zero-order chi connectivity index (χ0) is 17.5. The maximum absolute atomic E-state index is 14.3. The van der Waals surface area contributed by atoms with Gasteiger partial charge in [0.25, 0.3) is 17.7 Å². The third-order valence-electron chi connectivity index (χ3n) is 4.69. The Morgan fingerprint density at radius 3 is 2.79 bits per heavy atom. The Kier molecular flexibility index (Phi) is 3.97. The molecule has 0 radical (unpaired) electrons. The summed E-state index contributed by atoms with van der Waals surface area (Å²) in [6.45, 7) is 1.93. The molecule has 9 heteroatoms. The molecule has 2 aliphatic heterocycles. The van der Waals surface area contributed by atoms with Gasteiger partial charge in [0.1, 0.15) is 0 Å². The number of methoxy groups -OCH3 is 1. The van der Waals surface area contributed by atoms with Crippen LogP contribution < -0.4 is 4.74 Å². The van der Waals surface area contributed by atoms with E-state index in [0.29, 0.717) is 19.5 Å². The predicted molar refractivity (Wildman–Crippen MR) is 77.8 cm³/mol. The lowest BCUT2D eigenvalue weighted by molar-refractivity contribution is -0.151. The molecule has 0 unspecified atom stereocenters. The normalized spacial score (nSPS) is 26.2. The molecule has 0 saturated carbocycles. The molecular weight excluding hydrogens is 324 g/mol. The first-order valence-corrected chi connectivity index (χ1v) is 7.77. The first-order valence-electron chi connectivity index (χ1n) is 7.77. The third-order valence-corrected chi connectivity index (χ3v) is 4.69. The molecule has 0 aromatic carbocycles. The minimum Gasteiger partial charge on any atom is -0.479 e. The molecule has 2 amide bonds. The van der Waals surface area contributed by atoms with Crippen LogP contribution in [0.4, 0.5) is 8.78 Å².